The highest BCUT2D eigenvalue weighted by atomic mass is 16.5. The van der Waals surface area contributed by atoms with Gasteiger partial charge in [-0.3, -0.25) is 4.99 Å². The number of ether oxygens (including phenoxy) is 1. The molecule has 2 aromatic carbocycles. The third-order valence-electron chi connectivity index (χ3n) is 3.60. The normalized spacial score (nSPS) is 11.1. The van der Waals surface area contributed by atoms with Gasteiger partial charge in [-0.25, -0.2) is 0 Å². The number of nitrogens with one attached hydrogen (secondary N) is 2. The molecule has 0 saturated heterocycles. The van der Waals surface area contributed by atoms with E-state index in [-0.39, 0.29) is 0 Å². The van der Waals surface area contributed by atoms with E-state index >= 15 is 0 Å². The van der Waals surface area contributed by atoms with Gasteiger partial charge in [0.15, 0.2) is 5.96 Å². The molecule has 2 rings (SSSR count). The third kappa shape index (κ3) is 6.02. The minimum atomic E-state index is 0.718. The molecule has 0 saturated carbocycles. The van der Waals surface area contributed by atoms with E-state index in [1.54, 1.807) is 14.2 Å². The monoisotopic (exact) mass is 311 g/mol. The summed E-state index contributed by atoms with van der Waals surface area (Å²) in [7, 11) is 3.47. The van der Waals surface area contributed by atoms with Crippen molar-refractivity contribution in [2.45, 2.75) is 19.4 Å². The van der Waals surface area contributed by atoms with Crippen molar-refractivity contribution in [1.29, 1.82) is 0 Å². The maximum atomic E-state index is 5.24. The summed E-state index contributed by atoms with van der Waals surface area (Å²) in [5.41, 5.74) is 2.53. The van der Waals surface area contributed by atoms with Gasteiger partial charge in [-0.1, -0.05) is 42.5 Å². The highest BCUT2D eigenvalue weighted by Crippen LogP contribution is 2.12. The summed E-state index contributed by atoms with van der Waals surface area (Å²) in [6, 6.07) is 18.6. The maximum absolute atomic E-state index is 5.24. The molecule has 0 atom stereocenters. The van der Waals surface area contributed by atoms with Gasteiger partial charge in [0.2, 0.25) is 0 Å². The second kappa shape index (κ2) is 9.51. The van der Waals surface area contributed by atoms with E-state index in [1.165, 1.54) is 5.56 Å². The van der Waals surface area contributed by atoms with Gasteiger partial charge in [0, 0.05) is 20.1 Å². The molecule has 0 radical (unpaired) electrons. The van der Waals surface area contributed by atoms with Crippen molar-refractivity contribution in [3.63, 3.8) is 0 Å². The van der Waals surface area contributed by atoms with Crippen LogP contribution in [0.1, 0.15) is 17.5 Å². The van der Waals surface area contributed by atoms with Gasteiger partial charge in [0.05, 0.1) is 7.11 Å². The summed E-state index contributed by atoms with van der Waals surface area (Å²) in [5.74, 6) is 1.69. The topological polar surface area (TPSA) is 45.7 Å². The molecule has 4 heteroatoms. The molecule has 0 heterocycles. The Hall–Kier alpha value is -2.49. The van der Waals surface area contributed by atoms with Crippen molar-refractivity contribution < 1.29 is 4.74 Å². The fourth-order valence-electron chi connectivity index (χ4n) is 2.33. The molecule has 0 bridgehead atoms. The highest BCUT2D eigenvalue weighted by Gasteiger charge is 2.00. The molecule has 0 unspecified atom stereocenters. The second-order valence-corrected chi connectivity index (χ2v) is 5.29. The van der Waals surface area contributed by atoms with Gasteiger partial charge in [0.1, 0.15) is 5.75 Å². The molecule has 122 valence electrons. The summed E-state index contributed by atoms with van der Waals surface area (Å²) in [4.78, 5) is 4.25. The van der Waals surface area contributed by atoms with Crippen molar-refractivity contribution in [3.8, 4) is 5.75 Å². The van der Waals surface area contributed by atoms with Crippen LogP contribution >= 0.6 is 0 Å². The van der Waals surface area contributed by atoms with Gasteiger partial charge in [0.25, 0.3) is 0 Å². The number of nitrogens with zero attached hydrogens (tertiary/aromatic N) is 1. The number of hydrogen-bond acceptors (Lipinski definition) is 2. The van der Waals surface area contributed by atoms with Crippen LogP contribution in [-0.2, 0) is 13.0 Å². The molecule has 2 aromatic rings. The zero-order chi connectivity index (χ0) is 16.3. The van der Waals surface area contributed by atoms with Crippen LogP contribution in [0.15, 0.2) is 59.6 Å². The SMILES string of the molecule is CN=C(NCCCc1ccccc1)NCc1cccc(OC)c1. The number of aliphatic imine (C=N–C) groups is 1. The minimum Gasteiger partial charge on any atom is -0.497 e. The van der Waals surface area contributed by atoms with Crippen LogP contribution in [0.3, 0.4) is 0 Å². The van der Waals surface area contributed by atoms with Gasteiger partial charge < -0.3 is 15.4 Å². The van der Waals surface area contributed by atoms with Gasteiger partial charge in [-0.15, -0.1) is 0 Å². The summed E-state index contributed by atoms with van der Waals surface area (Å²) in [5, 5.41) is 6.67. The molecule has 0 amide bonds. The largest absolute Gasteiger partial charge is 0.497 e. The van der Waals surface area contributed by atoms with E-state index in [0.717, 1.165) is 43.2 Å². The smallest absolute Gasteiger partial charge is 0.191 e. The van der Waals surface area contributed by atoms with Crippen LogP contribution in [0.5, 0.6) is 5.75 Å². The first kappa shape index (κ1) is 16.9. The van der Waals surface area contributed by atoms with Gasteiger partial charge in [-0.2, -0.15) is 0 Å². The Balaban J connectivity index is 1.71. The minimum absolute atomic E-state index is 0.718. The third-order valence-corrected chi connectivity index (χ3v) is 3.60. The molecule has 23 heavy (non-hydrogen) atoms. The second-order valence-electron chi connectivity index (χ2n) is 5.29. The number of rotatable bonds is 7. The Morgan fingerprint density at radius 2 is 1.78 bits per heavy atom. The molecule has 2 N–H and O–H groups in total. The molecule has 0 spiro atoms. The first-order valence-electron chi connectivity index (χ1n) is 7.93. The van der Waals surface area contributed by atoms with Crippen molar-refractivity contribution in [3.05, 3.63) is 65.7 Å². The van der Waals surface area contributed by atoms with E-state index < -0.39 is 0 Å². The van der Waals surface area contributed by atoms with Crippen molar-refractivity contribution in [2.75, 3.05) is 20.7 Å². The summed E-state index contributed by atoms with van der Waals surface area (Å²) in [6.45, 7) is 1.61. The van der Waals surface area contributed by atoms with Crippen LogP contribution in [0.4, 0.5) is 0 Å². The van der Waals surface area contributed by atoms with E-state index in [0.29, 0.717) is 0 Å². The lowest BCUT2D eigenvalue weighted by molar-refractivity contribution is 0.414. The Bertz CT molecular complexity index is 611. The predicted molar refractivity (Wildman–Crippen MR) is 96.0 cm³/mol. The van der Waals surface area contributed by atoms with Crippen LogP contribution in [-0.4, -0.2) is 26.7 Å². The van der Waals surface area contributed by atoms with Crippen LogP contribution in [0.2, 0.25) is 0 Å². The standard InChI is InChI=1S/C19H25N3O/c1-20-19(21-13-7-11-16-8-4-3-5-9-16)22-15-17-10-6-12-18(14-17)23-2/h3-6,8-10,12,14H,7,11,13,15H2,1-2H3,(H2,20,21,22). The maximum Gasteiger partial charge on any atom is 0.191 e. The van der Waals surface area contributed by atoms with Crippen molar-refractivity contribution in [2.24, 2.45) is 4.99 Å². The molecule has 0 fully saturated rings. The summed E-state index contributed by atoms with van der Waals surface area (Å²) < 4.78 is 5.24. The Morgan fingerprint density at radius 1 is 1.00 bits per heavy atom. The molecule has 4 nitrogen and oxygen atoms in total. The molecule has 0 aliphatic heterocycles. The molecule has 0 aliphatic rings. The fourth-order valence-corrected chi connectivity index (χ4v) is 2.33. The van der Waals surface area contributed by atoms with E-state index in [4.69, 9.17) is 4.74 Å². The number of guanidine groups is 1. The number of hydrogen-bond donors (Lipinski definition) is 2. The molecular formula is C19H25N3O. The van der Waals surface area contributed by atoms with Crippen LogP contribution in [0.25, 0.3) is 0 Å². The van der Waals surface area contributed by atoms with E-state index in [1.807, 2.05) is 24.3 Å². The summed E-state index contributed by atoms with van der Waals surface area (Å²) in [6.07, 6.45) is 2.14. The summed E-state index contributed by atoms with van der Waals surface area (Å²) >= 11 is 0. The zero-order valence-corrected chi connectivity index (χ0v) is 13.9. The number of methoxy groups -OCH3 is 1. The lowest BCUT2D eigenvalue weighted by atomic mass is 10.1. The average molecular weight is 311 g/mol. The van der Waals surface area contributed by atoms with Crippen molar-refractivity contribution >= 4 is 5.96 Å². The van der Waals surface area contributed by atoms with Gasteiger partial charge in [-0.05, 0) is 36.1 Å². The number of benzene rings is 2. The van der Waals surface area contributed by atoms with E-state index in [2.05, 4.69) is 46.0 Å². The zero-order valence-electron chi connectivity index (χ0n) is 13.9. The van der Waals surface area contributed by atoms with Crippen LogP contribution in [0, 0.1) is 0 Å². The average Bonchev–Trinajstić information content (AvgIpc) is 2.62. The molecule has 0 aliphatic carbocycles. The first-order chi connectivity index (χ1) is 11.3. The highest BCUT2D eigenvalue weighted by molar-refractivity contribution is 5.79. The fraction of sp³-hybridized carbons (Fsp3) is 0.316. The lowest BCUT2D eigenvalue weighted by Crippen LogP contribution is -2.37. The Morgan fingerprint density at radius 3 is 2.52 bits per heavy atom. The van der Waals surface area contributed by atoms with Gasteiger partial charge >= 0.3 is 0 Å². The van der Waals surface area contributed by atoms with E-state index in [9.17, 15) is 0 Å². The predicted octanol–water partition coefficient (Wildman–Crippen LogP) is 2.99. The Labute approximate surface area is 138 Å². The first-order valence-corrected chi connectivity index (χ1v) is 7.93. The quantitative estimate of drug-likeness (QED) is 0.469. The number of aryl methyl sites for hydroxylation is 1. The molecule has 0 aromatic heterocycles. The Kier molecular flexibility index (Phi) is 6.98. The lowest BCUT2D eigenvalue weighted by Gasteiger charge is -2.12. The molecular weight excluding hydrogens is 286 g/mol. The van der Waals surface area contributed by atoms with Crippen molar-refractivity contribution in [1.82, 2.24) is 10.6 Å². The van der Waals surface area contributed by atoms with Crippen LogP contribution < -0.4 is 15.4 Å².